The number of carbonyl (C=O) groups is 2. The lowest BCUT2D eigenvalue weighted by Crippen LogP contribution is -2.46. The third-order valence-corrected chi connectivity index (χ3v) is 12.1. The highest BCUT2D eigenvalue weighted by Gasteiger charge is 2.24. The SMILES string of the molecule is CC/C=C/C=C/C=C\CCCCCCCC(=O)OC(CCCCC/C=C/C=C/C=C/CCCCCCC)CC(=O)NC(CO)C(O)CCCCCCCCCCCCCCCCCC. The molecule has 370 valence electrons. The molecular formula is C58H103NO5. The molecule has 64 heavy (non-hydrogen) atoms. The molecule has 0 bridgehead atoms. The Kier molecular flexibility index (Phi) is 49.1. The Morgan fingerprint density at radius 2 is 0.844 bits per heavy atom. The Hall–Kier alpha value is -2.70. The van der Waals surface area contributed by atoms with E-state index >= 15 is 0 Å². The van der Waals surface area contributed by atoms with Crippen molar-refractivity contribution in [3.05, 3.63) is 72.9 Å². The van der Waals surface area contributed by atoms with Crippen LogP contribution in [0.4, 0.5) is 0 Å². The van der Waals surface area contributed by atoms with Gasteiger partial charge in [-0.1, -0.05) is 248 Å². The maximum atomic E-state index is 13.2. The number of rotatable bonds is 48. The number of ether oxygens (including phenoxy) is 1. The summed E-state index contributed by atoms with van der Waals surface area (Å²) in [6, 6.07) is -0.720. The van der Waals surface area contributed by atoms with Crippen LogP contribution in [0.1, 0.15) is 258 Å². The van der Waals surface area contributed by atoms with Gasteiger partial charge >= 0.3 is 5.97 Å². The number of hydrogen-bond acceptors (Lipinski definition) is 5. The molecule has 3 N–H and O–H groups in total. The van der Waals surface area contributed by atoms with E-state index in [0.717, 1.165) is 96.3 Å². The fraction of sp³-hybridized carbons (Fsp3) is 0.759. The summed E-state index contributed by atoms with van der Waals surface area (Å²) in [5.41, 5.74) is 0. The first-order valence-electron chi connectivity index (χ1n) is 27.2. The van der Waals surface area contributed by atoms with E-state index in [0.29, 0.717) is 19.3 Å². The molecule has 6 nitrogen and oxygen atoms in total. The summed E-state index contributed by atoms with van der Waals surface area (Å²) in [5.74, 6) is -0.530. The molecule has 0 aromatic rings. The van der Waals surface area contributed by atoms with Crippen molar-refractivity contribution in [3.8, 4) is 0 Å². The molecule has 0 aromatic carbocycles. The lowest BCUT2D eigenvalue weighted by Gasteiger charge is -2.24. The minimum absolute atomic E-state index is 0.0442. The van der Waals surface area contributed by atoms with E-state index in [2.05, 4.69) is 99.0 Å². The average molecular weight is 894 g/mol. The summed E-state index contributed by atoms with van der Waals surface area (Å²) >= 11 is 0. The first-order chi connectivity index (χ1) is 31.5. The van der Waals surface area contributed by atoms with Gasteiger partial charge in [0.1, 0.15) is 6.10 Å². The van der Waals surface area contributed by atoms with Crippen molar-refractivity contribution < 1.29 is 24.5 Å². The maximum Gasteiger partial charge on any atom is 0.306 e. The number of hydrogen-bond donors (Lipinski definition) is 3. The molecule has 0 aliphatic carbocycles. The second kappa shape index (κ2) is 51.3. The molecule has 6 heteroatoms. The molecule has 0 heterocycles. The third kappa shape index (κ3) is 45.9. The van der Waals surface area contributed by atoms with Gasteiger partial charge in [0.25, 0.3) is 0 Å². The summed E-state index contributed by atoms with van der Waals surface area (Å²) in [6.45, 7) is 6.33. The van der Waals surface area contributed by atoms with Crippen molar-refractivity contribution in [2.75, 3.05) is 6.61 Å². The zero-order valence-electron chi connectivity index (χ0n) is 42.1. The van der Waals surface area contributed by atoms with Gasteiger partial charge in [0.15, 0.2) is 0 Å². The van der Waals surface area contributed by atoms with Crippen LogP contribution in [0.15, 0.2) is 72.9 Å². The van der Waals surface area contributed by atoms with Crippen molar-refractivity contribution >= 4 is 11.9 Å². The summed E-state index contributed by atoms with van der Waals surface area (Å²) in [5, 5.41) is 23.8. The minimum atomic E-state index is -0.804. The van der Waals surface area contributed by atoms with Crippen LogP contribution in [-0.4, -0.2) is 46.9 Å². The zero-order chi connectivity index (χ0) is 46.7. The molecule has 0 aliphatic rings. The summed E-state index contributed by atoms with van der Waals surface area (Å²) in [4.78, 5) is 26.2. The van der Waals surface area contributed by atoms with Crippen LogP contribution in [0.5, 0.6) is 0 Å². The van der Waals surface area contributed by atoms with Crippen molar-refractivity contribution in [2.45, 2.75) is 277 Å². The Bertz CT molecular complexity index is 1190. The summed E-state index contributed by atoms with van der Waals surface area (Å²) < 4.78 is 5.92. The summed E-state index contributed by atoms with van der Waals surface area (Å²) in [6.07, 6.45) is 65.3. The molecule has 0 aromatic heterocycles. The first kappa shape index (κ1) is 61.3. The highest BCUT2D eigenvalue weighted by Crippen LogP contribution is 2.18. The van der Waals surface area contributed by atoms with E-state index in [1.807, 2.05) is 0 Å². The number of amides is 1. The van der Waals surface area contributed by atoms with Crippen molar-refractivity contribution in [3.63, 3.8) is 0 Å². The third-order valence-electron chi connectivity index (χ3n) is 12.1. The van der Waals surface area contributed by atoms with Crippen LogP contribution in [0.25, 0.3) is 0 Å². The number of esters is 1. The monoisotopic (exact) mass is 894 g/mol. The number of unbranched alkanes of at least 4 members (excludes halogenated alkanes) is 28. The molecule has 0 saturated carbocycles. The van der Waals surface area contributed by atoms with Crippen LogP contribution in [0.2, 0.25) is 0 Å². The molecule has 0 saturated heterocycles. The number of allylic oxidation sites excluding steroid dienone is 12. The molecule has 3 atom stereocenters. The second-order valence-electron chi connectivity index (χ2n) is 18.4. The van der Waals surface area contributed by atoms with E-state index in [4.69, 9.17) is 4.74 Å². The number of nitrogens with one attached hydrogen (secondary N) is 1. The molecule has 1 amide bonds. The Morgan fingerprint density at radius 1 is 0.469 bits per heavy atom. The van der Waals surface area contributed by atoms with Gasteiger partial charge < -0.3 is 20.3 Å². The number of aliphatic hydroxyl groups excluding tert-OH is 2. The van der Waals surface area contributed by atoms with Gasteiger partial charge in [-0.15, -0.1) is 0 Å². The Morgan fingerprint density at radius 3 is 1.28 bits per heavy atom. The van der Waals surface area contributed by atoms with E-state index in [1.165, 1.54) is 116 Å². The first-order valence-corrected chi connectivity index (χ1v) is 27.2. The Balaban J connectivity index is 4.64. The van der Waals surface area contributed by atoms with Crippen LogP contribution in [-0.2, 0) is 14.3 Å². The fourth-order valence-electron chi connectivity index (χ4n) is 8.02. The van der Waals surface area contributed by atoms with Gasteiger partial charge in [-0.05, 0) is 70.6 Å². The number of aliphatic hydroxyl groups is 2. The molecular weight excluding hydrogens is 791 g/mol. The minimum Gasteiger partial charge on any atom is -0.462 e. The van der Waals surface area contributed by atoms with E-state index in [1.54, 1.807) is 0 Å². The normalized spacial score (nSPS) is 13.8. The van der Waals surface area contributed by atoms with E-state index in [9.17, 15) is 19.8 Å². The largest absolute Gasteiger partial charge is 0.462 e. The van der Waals surface area contributed by atoms with Crippen molar-refractivity contribution in [1.29, 1.82) is 0 Å². The second-order valence-corrected chi connectivity index (χ2v) is 18.4. The van der Waals surface area contributed by atoms with Gasteiger partial charge in [-0.25, -0.2) is 0 Å². The standard InChI is InChI=1S/C58H103NO5/c1-4-7-10-13-16-19-22-25-27-29-32-34-37-40-43-46-49-54(64-58(63)51-48-45-42-39-36-31-24-21-18-15-12-9-6-3)52-57(62)59-55(53-60)56(61)50-47-44-41-38-35-33-30-28-26-23-20-17-14-11-8-5-2/h9,12,15,18,21-22,24-25,27,29,32,34,54-56,60-61H,4-8,10-11,13-14,16-17,19-20,23,26,28,30-31,33,35-53H2,1-3H3,(H,59,62)/b12-9+,18-15+,24-21-,25-22+,29-27+,34-32+. The highest BCUT2D eigenvalue weighted by molar-refractivity contribution is 5.77. The smallest absolute Gasteiger partial charge is 0.306 e. The van der Waals surface area contributed by atoms with Crippen LogP contribution >= 0.6 is 0 Å². The highest BCUT2D eigenvalue weighted by atomic mass is 16.5. The molecule has 0 rings (SSSR count). The van der Waals surface area contributed by atoms with Gasteiger partial charge in [-0.2, -0.15) is 0 Å². The maximum absolute atomic E-state index is 13.2. The van der Waals surface area contributed by atoms with Gasteiger partial charge in [0, 0.05) is 6.42 Å². The van der Waals surface area contributed by atoms with E-state index < -0.39 is 18.2 Å². The average Bonchev–Trinajstić information content (AvgIpc) is 3.29. The molecule has 0 aliphatic heterocycles. The van der Waals surface area contributed by atoms with Crippen LogP contribution in [0, 0.1) is 0 Å². The predicted molar refractivity (Wildman–Crippen MR) is 278 cm³/mol. The van der Waals surface area contributed by atoms with Gasteiger partial charge in [0.05, 0.1) is 25.2 Å². The number of carbonyl (C=O) groups excluding carboxylic acids is 2. The van der Waals surface area contributed by atoms with Crippen LogP contribution < -0.4 is 5.32 Å². The predicted octanol–water partition coefficient (Wildman–Crippen LogP) is 16.6. The van der Waals surface area contributed by atoms with Gasteiger partial charge in [0.2, 0.25) is 5.91 Å². The summed E-state index contributed by atoms with van der Waals surface area (Å²) in [7, 11) is 0. The Labute approximate surface area is 396 Å². The molecule has 0 radical (unpaired) electrons. The van der Waals surface area contributed by atoms with Crippen LogP contribution in [0.3, 0.4) is 0 Å². The van der Waals surface area contributed by atoms with Crippen molar-refractivity contribution in [2.24, 2.45) is 0 Å². The quantitative estimate of drug-likeness (QED) is 0.0321. The molecule has 0 fully saturated rings. The van der Waals surface area contributed by atoms with Crippen molar-refractivity contribution in [1.82, 2.24) is 5.32 Å². The molecule has 3 unspecified atom stereocenters. The lowest BCUT2D eigenvalue weighted by atomic mass is 10.0. The molecule has 0 spiro atoms. The van der Waals surface area contributed by atoms with E-state index in [-0.39, 0.29) is 24.9 Å². The van der Waals surface area contributed by atoms with Gasteiger partial charge in [-0.3, -0.25) is 9.59 Å². The topological polar surface area (TPSA) is 95.9 Å². The zero-order valence-corrected chi connectivity index (χ0v) is 42.1. The fourth-order valence-corrected chi connectivity index (χ4v) is 8.02. The lowest BCUT2D eigenvalue weighted by molar-refractivity contribution is -0.151.